The molecule has 0 radical (unpaired) electrons. The van der Waals surface area contributed by atoms with Gasteiger partial charge < -0.3 is 15.0 Å². The molecular weight excluding hydrogens is 368 g/mol. The molecule has 1 aromatic carbocycles. The number of aromatic carboxylic acids is 1. The molecule has 2 aromatic rings. The molecule has 1 saturated heterocycles. The van der Waals surface area contributed by atoms with Crippen LogP contribution in [0.25, 0.3) is 0 Å². The summed E-state index contributed by atoms with van der Waals surface area (Å²) in [5.74, 6) is -0.433. The third-order valence-electron chi connectivity index (χ3n) is 6.31. The Morgan fingerprint density at radius 2 is 1.90 bits per heavy atom. The van der Waals surface area contributed by atoms with Crippen molar-refractivity contribution in [3.8, 4) is 0 Å². The zero-order valence-electron chi connectivity index (χ0n) is 16.7. The number of nitrogens with zero attached hydrogens (tertiary/aromatic N) is 1. The van der Waals surface area contributed by atoms with Crippen LogP contribution in [0.15, 0.2) is 24.3 Å². The Balaban J connectivity index is 1.42. The summed E-state index contributed by atoms with van der Waals surface area (Å²) in [6.45, 7) is 3.16. The first-order valence-corrected chi connectivity index (χ1v) is 10.3. The van der Waals surface area contributed by atoms with E-state index in [-0.39, 0.29) is 11.7 Å². The largest absolute Gasteiger partial charge is 0.478 e. The van der Waals surface area contributed by atoms with Crippen LogP contribution in [0.5, 0.6) is 0 Å². The lowest BCUT2D eigenvalue weighted by atomic mass is 9.88. The Kier molecular flexibility index (Phi) is 5.26. The summed E-state index contributed by atoms with van der Waals surface area (Å²) >= 11 is 0. The molecular formula is C23H26N2O4. The third-order valence-corrected chi connectivity index (χ3v) is 6.31. The van der Waals surface area contributed by atoms with Crippen LogP contribution in [0.2, 0.25) is 0 Å². The van der Waals surface area contributed by atoms with Crippen LogP contribution in [-0.2, 0) is 12.8 Å². The number of nitrogens with one attached hydrogen (secondary N) is 1. The Morgan fingerprint density at radius 1 is 1.17 bits per heavy atom. The van der Waals surface area contributed by atoms with Gasteiger partial charge in [0.15, 0.2) is 5.78 Å². The second-order valence-corrected chi connectivity index (χ2v) is 8.16. The van der Waals surface area contributed by atoms with Gasteiger partial charge in [0.1, 0.15) is 5.69 Å². The molecule has 1 aliphatic carbocycles. The maximum absolute atomic E-state index is 13.1. The summed E-state index contributed by atoms with van der Waals surface area (Å²) in [5.41, 5.74) is 4.19. The van der Waals surface area contributed by atoms with Crippen LogP contribution in [0.3, 0.4) is 0 Å². The van der Waals surface area contributed by atoms with Gasteiger partial charge in [-0.2, -0.15) is 0 Å². The lowest BCUT2D eigenvalue weighted by molar-refractivity contribution is 0.0684. The quantitative estimate of drug-likeness (QED) is 0.828. The lowest BCUT2D eigenvalue weighted by Crippen LogP contribution is -2.39. The van der Waals surface area contributed by atoms with Crippen LogP contribution >= 0.6 is 0 Å². The molecule has 6 nitrogen and oxygen atoms in total. The second kappa shape index (κ2) is 7.85. The lowest BCUT2D eigenvalue weighted by Gasteiger charge is -2.32. The van der Waals surface area contributed by atoms with Gasteiger partial charge in [-0.15, -0.1) is 0 Å². The highest BCUT2D eigenvalue weighted by atomic mass is 16.4. The molecule has 4 rings (SSSR count). The smallest absolute Gasteiger partial charge is 0.335 e. The number of carbonyl (C=O) groups excluding carboxylic acids is 2. The Morgan fingerprint density at radius 3 is 2.59 bits per heavy atom. The number of ketones is 1. The normalized spacial score (nSPS) is 17.3. The molecule has 0 saturated carbocycles. The van der Waals surface area contributed by atoms with Crippen molar-refractivity contribution in [3.63, 3.8) is 0 Å². The van der Waals surface area contributed by atoms with E-state index in [1.54, 1.807) is 12.1 Å². The van der Waals surface area contributed by atoms with Crippen molar-refractivity contribution < 1.29 is 19.5 Å². The second-order valence-electron chi connectivity index (χ2n) is 8.16. The zero-order valence-corrected chi connectivity index (χ0v) is 16.7. The van der Waals surface area contributed by atoms with E-state index in [1.165, 1.54) is 0 Å². The fourth-order valence-electron chi connectivity index (χ4n) is 4.70. The summed E-state index contributed by atoms with van der Waals surface area (Å²) < 4.78 is 0. The molecule has 1 aliphatic heterocycles. The summed E-state index contributed by atoms with van der Waals surface area (Å²) in [6, 6.07) is 7.15. The fourth-order valence-corrected chi connectivity index (χ4v) is 4.70. The maximum atomic E-state index is 13.1. The minimum Gasteiger partial charge on any atom is -0.478 e. The summed E-state index contributed by atoms with van der Waals surface area (Å²) in [4.78, 5) is 41.8. The van der Waals surface area contributed by atoms with Crippen molar-refractivity contribution >= 4 is 17.7 Å². The number of carboxylic acid groups (broad SMARTS) is 1. The molecule has 152 valence electrons. The number of carboxylic acids is 1. The standard InChI is InChI=1S/C23H26N2O4/c1-14-20-18(7-4-8-19(20)26)24-21(14)22(27)25-11-9-15(10-12-25)13-16-5-2-3-6-17(16)23(28)29/h2-3,5-6,15,24H,4,7-13H2,1H3,(H,28,29). The van der Waals surface area contributed by atoms with Crippen molar-refractivity contribution in [2.45, 2.75) is 45.4 Å². The number of hydrogen-bond acceptors (Lipinski definition) is 3. The first-order valence-electron chi connectivity index (χ1n) is 10.3. The van der Waals surface area contributed by atoms with Gasteiger partial charge in [0, 0.05) is 30.8 Å². The number of H-pyrrole nitrogens is 1. The number of benzene rings is 1. The number of aromatic nitrogens is 1. The Hall–Kier alpha value is -2.89. The van der Waals surface area contributed by atoms with Crippen LogP contribution in [0.1, 0.15) is 73.7 Å². The highest BCUT2D eigenvalue weighted by molar-refractivity contribution is 6.04. The predicted octanol–water partition coefficient (Wildman–Crippen LogP) is 3.64. The number of fused-ring (bicyclic) bond motifs is 1. The molecule has 0 unspecified atom stereocenters. The highest BCUT2D eigenvalue weighted by Crippen LogP contribution is 2.29. The van der Waals surface area contributed by atoms with Crippen LogP contribution in [0, 0.1) is 12.8 Å². The van der Waals surface area contributed by atoms with Gasteiger partial charge in [0.05, 0.1) is 5.56 Å². The average molecular weight is 394 g/mol. The average Bonchev–Trinajstić information content (AvgIpc) is 3.06. The van der Waals surface area contributed by atoms with Gasteiger partial charge in [-0.1, -0.05) is 18.2 Å². The van der Waals surface area contributed by atoms with Crippen molar-refractivity contribution in [1.29, 1.82) is 0 Å². The first kappa shape index (κ1) is 19.4. The van der Waals surface area contributed by atoms with Crippen molar-refractivity contribution in [2.24, 2.45) is 5.92 Å². The molecule has 2 N–H and O–H groups in total. The molecule has 6 heteroatoms. The van der Waals surface area contributed by atoms with Gasteiger partial charge >= 0.3 is 5.97 Å². The maximum Gasteiger partial charge on any atom is 0.335 e. The Bertz CT molecular complexity index is 967. The number of hydrogen-bond donors (Lipinski definition) is 2. The minimum atomic E-state index is -0.894. The monoisotopic (exact) mass is 394 g/mol. The SMILES string of the molecule is Cc1c(C(=O)N2CCC(Cc3ccccc3C(=O)O)CC2)[nH]c2c1C(=O)CCC2. The number of likely N-dealkylation sites (tertiary alicyclic amines) is 1. The number of Topliss-reactive ketones (excluding diaryl/α,β-unsaturated/α-hetero) is 1. The minimum absolute atomic E-state index is 0.0333. The zero-order chi connectivity index (χ0) is 20.5. The van der Waals surface area contributed by atoms with Gasteiger partial charge in [-0.25, -0.2) is 4.79 Å². The van der Waals surface area contributed by atoms with Gasteiger partial charge in [0.2, 0.25) is 0 Å². The molecule has 2 heterocycles. The van der Waals surface area contributed by atoms with Crippen LogP contribution in [-0.4, -0.2) is 45.7 Å². The van der Waals surface area contributed by atoms with E-state index >= 15 is 0 Å². The van der Waals surface area contributed by atoms with Gasteiger partial charge in [-0.05, 0) is 62.1 Å². The van der Waals surface area contributed by atoms with E-state index < -0.39 is 5.97 Å². The predicted molar refractivity (Wildman–Crippen MR) is 109 cm³/mol. The topological polar surface area (TPSA) is 90.5 Å². The highest BCUT2D eigenvalue weighted by Gasteiger charge is 2.30. The number of rotatable bonds is 4. The number of aryl methyl sites for hydroxylation is 1. The number of carbonyl (C=O) groups is 3. The molecule has 1 fully saturated rings. The van der Waals surface area contributed by atoms with Crippen LogP contribution in [0.4, 0.5) is 0 Å². The number of amides is 1. The summed E-state index contributed by atoms with van der Waals surface area (Å²) in [7, 11) is 0. The van der Waals surface area contributed by atoms with Crippen LogP contribution < -0.4 is 0 Å². The molecule has 0 bridgehead atoms. The van der Waals surface area contributed by atoms with E-state index in [9.17, 15) is 19.5 Å². The van der Waals surface area contributed by atoms with Gasteiger partial charge in [-0.3, -0.25) is 9.59 Å². The summed E-state index contributed by atoms with van der Waals surface area (Å²) in [5, 5.41) is 9.37. The molecule has 1 amide bonds. The fraction of sp³-hybridized carbons (Fsp3) is 0.435. The van der Waals surface area contributed by atoms with Crippen molar-refractivity contribution in [1.82, 2.24) is 9.88 Å². The van der Waals surface area contributed by atoms with E-state index in [0.29, 0.717) is 36.7 Å². The van der Waals surface area contributed by atoms with E-state index in [1.807, 2.05) is 24.0 Å². The molecule has 1 aromatic heterocycles. The first-order chi connectivity index (χ1) is 14.0. The molecule has 0 atom stereocenters. The van der Waals surface area contributed by atoms with Crippen molar-refractivity contribution in [2.75, 3.05) is 13.1 Å². The van der Waals surface area contributed by atoms with E-state index in [2.05, 4.69) is 4.98 Å². The van der Waals surface area contributed by atoms with E-state index in [4.69, 9.17) is 0 Å². The number of piperidine rings is 1. The molecule has 2 aliphatic rings. The van der Waals surface area contributed by atoms with Crippen molar-refractivity contribution in [3.05, 3.63) is 57.9 Å². The number of aromatic amines is 1. The third kappa shape index (κ3) is 3.71. The Labute approximate surface area is 169 Å². The van der Waals surface area contributed by atoms with E-state index in [0.717, 1.165) is 54.5 Å². The molecule has 0 spiro atoms. The van der Waals surface area contributed by atoms with Gasteiger partial charge in [0.25, 0.3) is 5.91 Å². The summed E-state index contributed by atoms with van der Waals surface area (Å²) in [6.07, 6.45) is 4.62. The molecule has 29 heavy (non-hydrogen) atoms.